The summed E-state index contributed by atoms with van der Waals surface area (Å²) in [5, 5.41) is 0. The van der Waals surface area contributed by atoms with Crippen LogP contribution in [0.2, 0.25) is 0 Å². The lowest BCUT2D eigenvalue weighted by molar-refractivity contribution is 0.111. The normalized spacial score (nSPS) is 16.9. The van der Waals surface area contributed by atoms with E-state index in [9.17, 15) is 4.79 Å². The van der Waals surface area contributed by atoms with Crippen molar-refractivity contribution in [2.75, 3.05) is 0 Å². The fraction of sp³-hybridized carbons (Fsp3) is 0.500. The number of aromatic nitrogens is 2. The topological polar surface area (TPSA) is 52.1 Å². The van der Waals surface area contributed by atoms with Crippen LogP contribution in [0.15, 0.2) is 12.4 Å². The zero-order valence-electron chi connectivity index (χ0n) is 7.85. The van der Waals surface area contributed by atoms with Gasteiger partial charge in [0.2, 0.25) is 5.88 Å². The molecule has 1 saturated carbocycles. The molecule has 0 N–H and O–H groups in total. The van der Waals surface area contributed by atoms with Crippen molar-refractivity contribution in [2.24, 2.45) is 0 Å². The van der Waals surface area contributed by atoms with Crippen molar-refractivity contribution >= 4 is 6.29 Å². The van der Waals surface area contributed by atoms with Crippen molar-refractivity contribution in [3.05, 3.63) is 18.1 Å². The van der Waals surface area contributed by atoms with Gasteiger partial charge in [0.15, 0.2) is 6.29 Å². The highest BCUT2D eigenvalue weighted by Gasteiger charge is 2.16. The Balaban J connectivity index is 1.98. The monoisotopic (exact) mass is 192 g/mol. The molecule has 2 rings (SSSR count). The summed E-state index contributed by atoms with van der Waals surface area (Å²) in [5.41, 5.74) is 0.337. The average molecular weight is 192 g/mol. The SMILES string of the molecule is O=Cc1cnc(OC2CCCC2)cn1. The summed E-state index contributed by atoms with van der Waals surface area (Å²) in [6.07, 6.45) is 8.53. The van der Waals surface area contributed by atoms with E-state index in [1.807, 2.05) is 0 Å². The Morgan fingerprint density at radius 2 is 2.07 bits per heavy atom. The summed E-state index contributed by atoms with van der Waals surface area (Å²) in [7, 11) is 0. The van der Waals surface area contributed by atoms with Gasteiger partial charge in [-0.1, -0.05) is 0 Å². The smallest absolute Gasteiger partial charge is 0.232 e. The van der Waals surface area contributed by atoms with E-state index in [2.05, 4.69) is 9.97 Å². The Morgan fingerprint density at radius 1 is 1.29 bits per heavy atom. The molecule has 0 radical (unpaired) electrons. The summed E-state index contributed by atoms with van der Waals surface area (Å²) < 4.78 is 5.59. The van der Waals surface area contributed by atoms with Gasteiger partial charge in [0.25, 0.3) is 0 Å². The summed E-state index contributed by atoms with van der Waals surface area (Å²) in [6, 6.07) is 0. The molecule has 4 nitrogen and oxygen atoms in total. The maximum Gasteiger partial charge on any atom is 0.232 e. The third-order valence-electron chi connectivity index (χ3n) is 2.36. The van der Waals surface area contributed by atoms with Crippen LogP contribution < -0.4 is 4.74 Å². The third-order valence-corrected chi connectivity index (χ3v) is 2.36. The van der Waals surface area contributed by atoms with Gasteiger partial charge in [-0.05, 0) is 25.7 Å². The molecule has 14 heavy (non-hydrogen) atoms. The highest BCUT2D eigenvalue weighted by atomic mass is 16.5. The molecule has 0 saturated heterocycles. The number of carbonyl (C=O) groups is 1. The lowest BCUT2D eigenvalue weighted by atomic mass is 10.3. The van der Waals surface area contributed by atoms with Crippen LogP contribution in [0.5, 0.6) is 5.88 Å². The van der Waals surface area contributed by atoms with Crippen LogP contribution in [0, 0.1) is 0 Å². The number of rotatable bonds is 3. The van der Waals surface area contributed by atoms with Gasteiger partial charge >= 0.3 is 0 Å². The zero-order chi connectivity index (χ0) is 9.80. The van der Waals surface area contributed by atoms with E-state index < -0.39 is 0 Å². The van der Waals surface area contributed by atoms with Gasteiger partial charge in [-0.2, -0.15) is 0 Å². The van der Waals surface area contributed by atoms with Gasteiger partial charge in [0.05, 0.1) is 12.4 Å². The van der Waals surface area contributed by atoms with E-state index in [1.165, 1.54) is 25.2 Å². The Morgan fingerprint density at radius 3 is 2.64 bits per heavy atom. The van der Waals surface area contributed by atoms with Crippen molar-refractivity contribution in [3.63, 3.8) is 0 Å². The van der Waals surface area contributed by atoms with Gasteiger partial charge in [-0.25, -0.2) is 9.97 Å². The molecule has 1 fully saturated rings. The van der Waals surface area contributed by atoms with Gasteiger partial charge in [-0.3, -0.25) is 4.79 Å². The first kappa shape index (κ1) is 9.12. The van der Waals surface area contributed by atoms with Crippen molar-refractivity contribution in [3.8, 4) is 5.88 Å². The number of ether oxygens (including phenoxy) is 1. The van der Waals surface area contributed by atoms with E-state index in [0.717, 1.165) is 12.8 Å². The number of hydrogen-bond donors (Lipinski definition) is 0. The van der Waals surface area contributed by atoms with Crippen LogP contribution in [0.1, 0.15) is 36.2 Å². The quantitative estimate of drug-likeness (QED) is 0.683. The molecule has 0 unspecified atom stereocenters. The molecule has 0 atom stereocenters. The largest absolute Gasteiger partial charge is 0.473 e. The zero-order valence-corrected chi connectivity index (χ0v) is 7.85. The van der Waals surface area contributed by atoms with Gasteiger partial charge in [0, 0.05) is 0 Å². The summed E-state index contributed by atoms with van der Waals surface area (Å²) in [6.45, 7) is 0. The van der Waals surface area contributed by atoms with E-state index in [1.54, 1.807) is 0 Å². The minimum absolute atomic E-state index is 0.284. The molecular weight excluding hydrogens is 180 g/mol. The molecule has 0 amide bonds. The van der Waals surface area contributed by atoms with Crippen LogP contribution in [0.25, 0.3) is 0 Å². The first-order valence-corrected chi connectivity index (χ1v) is 4.82. The van der Waals surface area contributed by atoms with Crippen molar-refractivity contribution in [2.45, 2.75) is 31.8 Å². The number of nitrogens with zero attached hydrogens (tertiary/aromatic N) is 2. The van der Waals surface area contributed by atoms with Crippen LogP contribution in [0.4, 0.5) is 0 Å². The predicted molar refractivity (Wildman–Crippen MR) is 50.3 cm³/mol. The van der Waals surface area contributed by atoms with Crippen LogP contribution >= 0.6 is 0 Å². The molecule has 1 aliphatic carbocycles. The molecular formula is C10H12N2O2. The van der Waals surface area contributed by atoms with Gasteiger partial charge in [0.1, 0.15) is 11.8 Å². The van der Waals surface area contributed by atoms with E-state index in [-0.39, 0.29) is 6.10 Å². The highest BCUT2D eigenvalue weighted by Crippen LogP contribution is 2.22. The summed E-state index contributed by atoms with van der Waals surface area (Å²) in [5.74, 6) is 0.516. The van der Waals surface area contributed by atoms with E-state index in [4.69, 9.17) is 4.74 Å². The lowest BCUT2D eigenvalue weighted by Crippen LogP contribution is -2.12. The summed E-state index contributed by atoms with van der Waals surface area (Å²) >= 11 is 0. The second-order valence-electron chi connectivity index (χ2n) is 3.42. The molecule has 0 spiro atoms. The van der Waals surface area contributed by atoms with Gasteiger partial charge < -0.3 is 4.74 Å². The minimum atomic E-state index is 0.284. The lowest BCUT2D eigenvalue weighted by Gasteiger charge is -2.10. The molecule has 1 aromatic rings. The molecule has 4 heteroatoms. The van der Waals surface area contributed by atoms with Crippen LogP contribution in [-0.4, -0.2) is 22.4 Å². The predicted octanol–water partition coefficient (Wildman–Crippen LogP) is 1.61. The van der Waals surface area contributed by atoms with Crippen LogP contribution in [0.3, 0.4) is 0 Å². The standard InChI is InChI=1S/C10H12N2O2/c13-7-8-5-12-10(6-11-8)14-9-3-1-2-4-9/h5-7,9H,1-4H2. The van der Waals surface area contributed by atoms with Crippen molar-refractivity contribution in [1.29, 1.82) is 0 Å². The Kier molecular flexibility index (Phi) is 2.72. The minimum Gasteiger partial charge on any atom is -0.473 e. The molecule has 1 heterocycles. The Bertz CT molecular complexity index is 304. The van der Waals surface area contributed by atoms with E-state index in [0.29, 0.717) is 17.9 Å². The maximum atomic E-state index is 10.3. The first-order valence-electron chi connectivity index (χ1n) is 4.82. The second kappa shape index (κ2) is 4.17. The molecule has 0 bridgehead atoms. The molecule has 1 aromatic heterocycles. The Labute approximate surface area is 82.3 Å². The highest BCUT2D eigenvalue weighted by molar-refractivity contribution is 5.70. The van der Waals surface area contributed by atoms with Crippen LogP contribution in [-0.2, 0) is 0 Å². The number of hydrogen-bond acceptors (Lipinski definition) is 4. The molecule has 1 aliphatic rings. The Hall–Kier alpha value is -1.45. The summed E-state index contributed by atoms with van der Waals surface area (Å²) in [4.78, 5) is 18.2. The van der Waals surface area contributed by atoms with Gasteiger partial charge in [-0.15, -0.1) is 0 Å². The molecule has 74 valence electrons. The maximum absolute atomic E-state index is 10.3. The molecule has 0 aliphatic heterocycles. The fourth-order valence-corrected chi connectivity index (χ4v) is 1.62. The second-order valence-corrected chi connectivity index (χ2v) is 3.42. The average Bonchev–Trinajstić information content (AvgIpc) is 2.72. The number of aldehydes is 1. The third kappa shape index (κ3) is 2.07. The molecule has 0 aromatic carbocycles. The van der Waals surface area contributed by atoms with Crippen molar-refractivity contribution < 1.29 is 9.53 Å². The first-order chi connectivity index (χ1) is 6.88. The van der Waals surface area contributed by atoms with Crippen molar-refractivity contribution in [1.82, 2.24) is 9.97 Å². The number of carbonyl (C=O) groups excluding carboxylic acids is 1. The fourth-order valence-electron chi connectivity index (χ4n) is 1.62. The van der Waals surface area contributed by atoms with E-state index >= 15 is 0 Å².